The summed E-state index contributed by atoms with van der Waals surface area (Å²) < 4.78 is 10.7. The number of benzene rings is 2. The average molecular weight is 408 g/mol. The molecule has 5 rings (SSSR count). The van der Waals surface area contributed by atoms with Crippen molar-refractivity contribution in [2.24, 2.45) is 0 Å². The van der Waals surface area contributed by atoms with Gasteiger partial charge in [0.1, 0.15) is 0 Å². The Balaban J connectivity index is 1.49. The first-order valence-electron chi connectivity index (χ1n) is 9.58. The summed E-state index contributed by atoms with van der Waals surface area (Å²) in [5, 5.41) is 10.4. The van der Waals surface area contributed by atoms with Gasteiger partial charge in [-0.2, -0.15) is 0 Å². The Morgan fingerprint density at radius 3 is 2.00 bits per heavy atom. The van der Waals surface area contributed by atoms with E-state index in [0.717, 1.165) is 11.1 Å². The molecule has 0 aliphatic rings. The molecule has 0 aliphatic heterocycles. The van der Waals surface area contributed by atoms with Gasteiger partial charge in [-0.25, -0.2) is 4.98 Å². The van der Waals surface area contributed by atoms with Gasteiger partial charge in [-0.3, -0.25) is 10.1 Å². The van der Waals surface area contributed by atoms with Gasteiger partial charge in [-0.15, -0.1) is 5.10 Å². The molecule has 150 valence electrons. The fourth-order valence-corrected chi connectivity index (χ4v) is 3.12. The molecule has 0 spiro atoms. The number of carbonyl (C=O) groups excluding carboxylic acids is 1. The molecule has 7 nitrogen and oxygen atoms in total. The van der Waals surface area contributed by atoms with Gasteiger partial charge in [0, 0.05) is 16.7 Å². The Bertz CT molecular complexity index is 1260. The minimum Gasteiger partial charge on any atom is -0.459 e. The Labute approximate surface area is 177 Å². The fourth-order valence-electron chi connectivity index (χ4n) is 3.12. The van der Waals surface area contributed by atoms with E-state index in [9.17, 15) is 4.79 Å². The summed E-state index contributed by atoms with van der Waals surface area (Å²) in [6.45, 7) is 0. The highest BCUT2D eigenvalue weighted by Crippen LogP contribution is 2.26. The smallest absolute Gasteiger partial charge is 0.322 e. The second-order valence-electron chi connectivity index (χ2n) is 6.70. The Hall–Kier alpha value is -4.52. The Morgan fingerprint density at radius 1 is 0.774 bits per heavy atom. The molecule has 7 heteroatoms. The third kappa shape index (κ3) is 3.97. The van der Waals surface area contributed by atoms with Gasteiger partial charge in [0.25, 0.3) is 11.8 Å². The second kappa shape index (κ2) is 8.08. The summed E-state index contributed by atoms with van der Waals surface area (Å²) in [4.78, 5) is 17.7. The number of nitrogens with one attached hydrogen (secondary N) is 1. The molecule has 0 unspecified atom stereocenters. The van der Waals surface area contributed by atoms with Crippen LogP contribution in [-0.2, 0) is 0 Å². The lowest BCUT2D eigenvalue weighted by molar-refractivity contribution is 0.102. The maximum Gasteiger partial charge on any atom is 0.322 e. The highest BCUT2D eigenvalue weighted by Gasteiger charge is 2.16. The van der Waals surface area contributed by atoms with E-state index >= 15 is 0 Å². The van der Waals surface area contributed by atoms with Crippen molar-refractivity contribution in [1.82, 2.24) is 15.2 Å². The number of pyridine rings is 1. The molecule has 0 atom stereocenters. The molecule has 0 bridgehead atoms. The van der Waals surface area contributed by atoms with Crippen LogP contribution in [0.4, 0.5) is 6.01 Å². The topological polar surface area (TPSA) is 94.1 Å². The number of hydrogen-bond acceptors (Lipinski definition) is 6. The van der Waals surface area contributed by atoms with Crippen LogP contribution in [0.25, 0.3) is 34.2 Å². The lowest BCUT2D eigenvalue weighted by atomic mass is 10.0. The predicted molar refractivity (Wildman–Crippen MR) is 115 cm³/mol. The number of hydrogen-bond donors (Lipinski definition) is 1. The standard InChI is InChI=1S/C24H16N4O3/c29-22(26-24-28-27-23(31-24)21-12-7-13-30-21)18-14-19(16-8-3-1-4-9-16)25-20(15-18)17-10-5-2-6-11-17/h1-15H,(H,26,28,29). The number of amides is 1. The predicted octanol–water partition coefficient (Wildman–Crippen LogP) is 5.31. The molecule has 3 heterocycles. The van der Waals surface area contributed by atoms with E-state index in [0.29, 0.717) is 22.7 Å². The van der Waals surface area contributed by atoms with Crippen molar-refractivity contribution >= 4 is 11.9 Å². The fraction of sp³-hybridized carbons (Fsp3) is 0. The van der Waals surface area contributed by atoms with Crippen molar-refractivity contribution < 1.29 is 13.6 Å². The molecule has 2 aromatic carbocycles. The first-order valence-corrected chi connectivity index (χ1v) is 9.58. The van der Waals surface area contributed by atoms with E-state index in [-0.39, 0.29) is 17.8 Å². The highest BCUT2D eigenvalue weighted by atomic mass is 16.4. The minimum absolute atomic E-state index is 0.0178. The molecule has 0 saturated carbocycles. The maximum atomic E-state index is 13.0. The van der Waals surface area contributed by atoms with E-state index < -0.39 is 0 Å². The van der Waals surface area contributed by atoms with Crippen molar-refractivity contribution in [3.63, 3.8) is 0 Å². The Morgan fingerprint density at radius 2 is 1.42 bits per heavy atom. The number of aromatic nitrogens is 3. The molecule has 5 aromatic rings. The summed E-state index contributed by atoms with van der Waals surface area (Å²) in [5.74, 6) is 0.228. The van der Waals surface area contributed by atoms with Crippen LogP contribution in [-0.4, -0.2) is 21.1 Å². The zero-order chi connectivity index (χ0) is 21.0. The first kappa shape index (κ1) is 18.5. The van der Waals surface area contributed by atoms with Crippen molar-refractivity contribution in [2.75, 3.05) is 5.32 Å². The maximum absolute atomic E-state index is 13.0. The summed E-state index contributed by atoms with van der Waals surface area (Å²) in [5.41, 5.74) is 3.62. The van der Waals surface area contributed by atoms with Crippen LogP contribution in [0.3, 0.4) is 0 Å². The summed E-state index contributed by atoms with van der Waals surface area (Å²) in [6, 6.07) is 26.3. The van der Waals surface area contributed by atoms with Gasteiger partial charge >= 0.3 is 6.01 Å². The monoisotopic (exact) mass is 408 g/mol. The lowest BCUT2D eigenvalue weighted by Gasteiger charge is -2.09. The van der Waals surface area contributed by atoms with E-state index in [2.05, 4.69) is 15.5 Å². The summed E-state index contributed by atoms with van der Waals surface area (Å²) >= 11 is 0. The van der Waals surface area contributed by atoms with Gasteiger partial charge in [0.2, 0.25) is 0 Å². The highest BCUT2D eigenvalue weighted by molar-refractivity contribution is 6.04. The van der Waals surface area contributed by atoms with E-state index in [4.69, 9.17) is 13.8 Å². The normalized spacial score (nSPS) is 10.7. The average Bonchev–Trinajstić information content (AvgIpc) is 3.52. The van der Waals surface area contributed by atoms with E-state index in [1.807, 2.05) is 60.7 Å². The van der Waals surface area contributed by atoms with Crippen LogP contribution >= 0.6 is 0 Å². The van der Waals surface area contributed by atoms with Gasteiger partial charge in [-0.1, -0.05) is 65.8 Å². The molecular weight excluding hydrogens is 392 g/mol. The van der Waals surface area contributed by atoms with Crippen molar-refractivity contribution in [1.29, 1.82) is 0 Å². The molecule has 1 N–H and O–H groups in total. The number of anilines is 1. The quantitative estimate of drug-likeness (QED) is 0.423. The lowest BCUT2D eigenvalue weighted by Crippen LogP contribution is -2.13. The number of nitrogens with zero attached hydrogens (tertiary/aromatic N) is 3. The van der Waals surface area contributed by atoms with Crippen molar-refractivity contribution in [2.45, 2.75) is 0 Å². The van der Waals surface area contributed by atoms with Crippen LogP contribution in [0.1, 0.15) is 10.4 Å². The molecule has 0 radical (unpaired) electrons. The second-order valence-corrected chi connectivity index (χ2v) is 6.70. The van der Waals surface area contributed by atoms with Crippen LogP contribution in [0.2, 0.25) is 0 Å². The third-order valence-corrected chi connectivity index (χ3v) is 4.60. The van der Waals surface area contributed by atoms with Crippen molar-refractivity contribution in [3.8, 4) is 34.2 Å². The molecule has 0 saturated heterocycles. The van der Waals surface area contributed by atoms with Gasteiger partial charge in [0.05, 0.1) is 17.7 Å². The van der Waals surface area contributed by atoms with Crippen LogP contribution < -0.4 is 5.32 Å². The minimum atomic E-state index is -0.383. The third-order valence-electron chi connectivity index (χ3n) is 4.60. The summed E-state index contributed by atoms with van der Waals surface area (Å²) in [6.07, 6.45) is 1.50. The van der Waals surface area contributed by atoms with E-state index in [1.165, 1.54) is 6.26 Å². The number of furan rings is 1. The molecule has 1 amide bonds. The van der Waals surface area contributed by atoms with Crippen LogP contribution in [0.15, 0.2) is 100 Å². The Kier molecular flexibility index (Phi) is 4.82. The molecule has 0 aliphatic carbocycles. The zero-order valence-electron chi connectivity index (χ0n) is 16.2. The first-order chi connectivity index (χ1) is 15.3. The van der Waals surface area contributed by atoms with E-state index in [1.54, 1.807) is 24.3 Å². The number of rotatable bonds is 5. The van der Waals surface area contributed by atoms with Gasteiger partial charge in [0.15, 0.2) is 5.76 Å². The molecule has 3 aromatic heterocycles. The van der Waals surface area contributed by atoms with Gasteiger partial charge in [-0.05, 0) is 24.3 Å². The largest absolute Gasteiger partial charge is 0.459 e. The number of carbonyl (C=O) groups is 1. The van der Waals surface area contributed by atoms with Crippen molar-refractivity contribution in [3.05, 3.63) is 96.8 Å². The molecule has 0 fully saturated rings. The van der Waals surface area contributed by atoms with Crippen LogP contribution in [0.5, 0.6) is 0 Å². The molecule has 31 heavy (non-hydrogen) atoms. The van der Waals surface area contributed by atoms with Gasteiger partial charge < -0.3 is 8.83 Å². The zero-order valence-corrected chi connectivity index (χ0v) is 16.2. The van der Waals surface area contributed by atoms with Crippen LogP contribution in [0, 0.1) is 0 Å². The molecular formula is C24H16N4O3. The summed E-state index contributed by atoms with van der Waals surface area (Å²) in [7, 11) is 0. The SMILES string of the molecule is O=C(Nc1nnc(-c2ccco2)o1)c1cc(-c2ccccc2)nc(-c2ccccc2)c1.